The molecule has 2 rings (SSSR count). The van der Waals surface area contributed by atoms with Gasteiger partial charge in [0.05, 0.1) is 5.75 Å². The maximum absolute atomic E-state index is 12.6. The third-order valence-corrected chi connectivity index (χ3v) is 4.98. The summed E-state index contributed by atoms with van der Waals surface area (Å²) in [6.07, 6.45) is 3.18. The second kappa shape index (κ2) is 9.36. The quantitative estimate of drug-likeness (QED) is 0.785. The Kier molecular flexibility index (Phi) is 8.15. The van der Waals surface area contributed by atoms with Crippen molar-refractivity contribution in [3.63, 3.8) is 0 Å². The molecule has 1 heterocycles. The van der Waals surface area contributed by atoms with Gasteiger partial charge < -0.3 is 10.2 Å². The molecule has 24 heavy (non-hydrogen) atoms. The molecule has 1 saturated heterocycles. The molecule has 1 amide bonds. The van der Waals surface area contributed by atoms with Crippen molar-refractivity contribution in [3.05, 3.63) is 35.4 Å². The van der Waals surface area contributed by atoms with E-state index >= 15 is 0 Å². The summed E-state index contributed by atoms with van der Waals surface area (Å²) in [5, 5.41) is 8.22. The molecule has 1 aliphatic rings. The van der Waals surface area contributed by atoms with Crippen LogP contribution >= 0.6 is 12.4 Å². The summed E-state index contributed by atoms with van der Waals surface area (Å²) in [4.78, 5) is 14.4. The Morgan fingerprint density at radius 2 is 2.00 bits per heavy atom. The molecule has 136 valence electrons. The Morgan fingerprint density at radius 1 is 1.33 bits per heavy atom. The first-order valence-corrected chi connectivity index (χ1v) is 9.64. The van der Waals surface area contributed by atoms with Crippen LogP contribution in [0.5, 0.6) is 0 Å². The maximum atomic E-state index is 12.6. The van der Waals surface area contributed by atoms with Gasteiger partial charge in [0.25, 0.3) is 5.91 Å². The molecule has 0 bridgehead atoms. The van der Waals surface area contributed by atoms with Gasteiger partial charge in [0.1, 0.15) is 0 Å². The zero-order valence-electron chi connectivity index (χ0n) is 13.9. The third kappa shape index (κ3) is 6.39. The second-order valence-corrected chi connectivity index (χ2v) is 7.75. The van der Waals surface area contributed by atoms with Crippen molar-refractivity contribution >= 4 is 28.3 Å². The highest BCUT2D eigenvalue weighted by atomic mass is 35.5. The molecule has 6 nitrogen and oxygen atoms in total. The first-order chi connectivity index (χ1) is 10.9. The predicted octanol–water partition coefficient (Wildman–Crippen LogP) is 1.36. The number of nitrogens with one attached hydrogen (secondary N) is 1. The molecule has 1 aromatic rings. The van der Waals surface area contributed by atoms with E-state index in [0.717, 1.165) is 38.9 Å². The van der Waals surface area contributed by atoms with Crippen molar-refractivity contribution in [1.29, 1.82) is 0 Å². The molecule has 0 aromatic heterocycles. The number of halogens is 1. The molecule has 0 saturated carbocycles. The van der Waals surface area contributed by atoms with Crippen LogP contribution in [-0.2, 0) is 15.8 Å². The van der Waals surface area contributed by atoms with Crippen molar-refractivity contribution in [2.45, 2.75) is 25.0 Å². The number of nitrogens with two attached hydrogens (primary N) is 1. The van der Waals surface area contributed by atoms with Gasteiger partial charge in [-0.1, -0.05) is 12.1 Å². The highest BCUT2D eigenvalue weighted by molar-refractivity contribution is 7.88. The Labute approximate surface area is 150 Å². The minimum atomic E-state index is -3.59. The summed E-state index contributed by atoms with van der Waals surface area (Å²) in [5.74, 6) is 0.383. The Bertz CT molecular complexity index is 644. The molecule has 8 heteroatoms. The standard InChI is InChI=1S/C16H25N3O3S.ClH/c1-18-8-5-13-6-9-19(10-7-13)16(20)15-4-2-3-14(11-15)12-23(17,21)22;/h2-4,11,13,18H,5-10,12H2,1H3,(H2,17,21,22);1H. The first-order valence-electron chi connectivity index (χ1n) is 7.92. The zero-order chi connectivity index (χ0) is 16.9. The average Bonchev–Trinajstić information content (AvgIpc) is 2.51. The highest BCUT2D eigenvalue weighted by Crippen LogP contribution is 2.21. The predicted molar refractivity (Wildman–Crippen MR) is 97.7 cm³/mol. The van der Waals surface area contributed by atoms with Crippen molar-refractivity contribution in [3.8, 4) is 0 Å². The van der Waals surface area contributed by atoms with Gasteiger partial charge in [0, 0.05) is 18.7 Å². The van der Waals surface area contributed by atoms with Gasteiger partial charge in [-0.3, -0.25) is 4.79 Å². The number of hydrogen-bond donors (Lipinski definition) is 2. The van der Waals surface area contributed by atoms with E-state index in [9.17, 15) is 13.2 Å². The summed E-state index contributed by atoms with van der Waals surface area (Å²) in [6, 6.07) is 6.72. The highest BCUT2D eigenvalue weighted by Gasteiger charge is 2.23. The van der Waals surface area contributed by atoms with E-state index in [1.54, 1.807) is 24.3 Å². The van der Waals surface area contributed by atoms with Gasteiger partial charge in [-0.25, -0.2) is 13.6 Å². The fourth-order valence-corrected chi connectivity index (χ4v) is 3.63. The topological polar surface area (TPSA) is 92.5 Å². The largest absolute Gasteiger partial charge is 0.339 e. The summed E-state index contributed by atoms with van der Waals surface area (Å²) in [5.41, 5.74) is 1.07. The second-order valence-electron chi connectivity index (χ2n) is 6.14. The molecular formula is C16H26ClN3O3S. The lowest BCUT2D eigenvalue weighted by atomic mass is 9.93. The van der Waals surface area contributed by atoms with Crippen LogP contribution in [0.1, 0.15) is 35.2 Å². The molecule has 1 aromatic carbocycles. The third-order valence-electron chi connectivity index (χ3n) is 4.25. The van der Waals surface area contributed by atoms with E-state index in [1.807, 2.05) is 11.9 Å². The minimum absolute atomic E-state index is 0. The van der Waals surface area contributed by atoms with E-state index in [1.165, 1.54) is 0 Å². The van der Waals surface area contributed by atoms with Crippen LogP contribution in [0.4, 0.5) is 0 Å². The molecule has 1 fully saturated rings. The number of carbonyl (C=O) groups excluding carboxylic acids is 1. The molecule has 1 aliphatic heterocycles. The summed E-state index contributed by atoms with van der Waals surface area (Å²) >= 11 is 0. The van der Waals surface area contributed by atoms with Crippen LogP contribution in [0, 0.1) is 5.92 Å². The SMILES string of the molecule is CNCCC1CCN(C(=O)c2cccc(CS(N)(=O)=O)c2)CC1.Cl. The van der Waals surface area contributed by atoms with E-state index in [2.05, 4.69) is 5.32 Å². The van der Waals surface area contributed by atoms with Crippen LogP contribution in [0.3, 0.4) is 0 Å². The van der Waals surface area contributed by atoms with Crippen LogP contribution in [0.2, 0.25) is 0 Å². The molecule has 0 unspecified atom stereocenters. The number of sulfonamides is 1. The minimum Gasteiger partial charge on any atom is -0.339 e. The summed E-state index contributed by atoms with van der Waals surface area (Å²) in [7, 11) is -1.64. The molecule has 0 aliphatic carbocycles. The van der Waals surface area contributed by atoms with Crippen molar-refractivity contribution < 1.29 is 13.2 Å². The van der Waals surface area contributed by atoms with E-state index in [0.29, 0.717) is 17.0 Å². The summed E-state index contributed by atoms with van der Waals surface area (Å²) in [6.45, 7) is 2.52. The normalized spacial score (nSPS) is 15.8. The molecule has 0 radical (unpaired) electrons. The fraction of sp³-hybridized carbons (Fsp3) is 0.562. The molecular weight excluding hydrogens is 350 g/mol. The number of benzene rings is 1. The average molecular weight is 376 g/mol. The van der Waals surface area contributed by atoms with E-state index in [-0.39, 0.29) is 24.1 Å². The van der Waals surface area contributed by atoms with Gasteiger partial charge in [-0.2, -0.15) is 0 Å². The van der Waals surface area contributed by atoms with Crippen molar-refractivity contribution in [1.82, 2.24) is 10.2 Å². The van der Waals surface area contributed by atoms with Gasteiger partial charge in [0.15, 0.2) is 0 Å². The molecule has 3 N–H and O–H groups in total. The number of likely N-dealkylation sites (tertiary alicyclic amines) is 1. The van der Waals surface area contributed by atoms with Gasteiger partial charge in [0.2, 0.25) is 10.0 Å². The fourth-order valence-electron chi connectivity index (χ4n) is 2.98. The Balaban J connectivity index is 0.00000288. The Morgan fingerprint density at radius 3 is 2.58 bits per heavy atom. The summed E-state index contributed by atoms with van der Waals surface area (Å²) < 4.78 is 22.4. The number of rotatable bonds is 6. The zero-order valence-corrected chi connectivity index (χ0v) is 15.5. The maximum Gasteiger partial charge on any atom is 0.253 e. The number of piperidine rings is 1. The number of carbonyl (C=O) groups is 1. The Hall–Kier alpha value is -1.15. The van der Waals surface area contributed by atoms with Crippen LogP contribution < -0.4 is 10.5 Å². The van der Waals surface area contributed by atoms with Crippen LogP contribution in [0.25, 0.3) is 0 Å². The number of primary sulfonamides is 1. The lowest BCUT2D eigenvalue weighted by Gasteiger charge is -2.32. The van der Waals surface area contributed by atoms with Gasteiger partial charge in [-0.15, -0.1) is 12.4 Å². The smallest absolute Gasteiger partial charge is 0.253 e. The van der Waals surface area contributed by atoms with Crippen molar-refractivity contribution in [2.75, 3.05) is 26.7 Å². The van der Waals surface area contributed by atoms with Crippen molar-refractivity contribution in [2.24, 2.45) is 11.1 Å². The number of nitrogens with zero attached hydrogens (tertiary/aromatic N) is 1. The van der Waals surface area contributed by atoms with E-state index in [4.69, 9.17) is 5.14 Å². The van der Waals surface area contributed by atoms with E-state index < -0.39 is 10.0 Å². The first kappa shape index (κ1) is 20.9. The van der Waals surface area contributed by atoms with Crippen LogP contribution in [0.15, 0.2) is 24.3 Å². The monoisotopic (exact) mass is 375 g/mol. The lowest BCUT2D eigenvalue weighted by Crippen LogP contribution is -2.39. The van der Waals surface area contributed by atoms with Gasteiger partial charge >= 0.3 is 0 Å². The lowest BCUT2D eigenvalue weighted by molar-refractivity contribution is 0.0687. The number of amides is 1. The van der Waals surface area contributed by atoms with Gasteiger partial charge in [-0.05, 0) is 56.5 Å². The number of hydrogen-bond acceptors (Lipinski definition) is 4. The molecule has 0 atom stereocenters. The van der Waals surface area contributed by atoms with Crippen LogP contribution in [-0.4, -0.2) is 45.9 Å². The molecule has 0 spiro atoms.